The fourth-order valence-corrected chi connectivity index (χ4v) is 2.24. The number of likely N-dealkylation sites (N-methyl/N-ethyl adjacent to an activating group) is 1. The first-order valence-electron chi connectivity index (χ1n) is 6.77. The third-order valence-electron chi connectivity index (χ3n) is 3.26. The first-order valence-corrected chi connectivity index (χ1v) is 7.11. The summed E-state index contributed by atoms with van der Waals surface area (Å²) in [6.07, 6.45) is -0.0472. The maximum atomic E-state index is 6.08. The second-order valence-corrected chi connectivity index (χ2v) is 5.42. The number of rotatable bonds is 6. The zero-order valence-corrected chi connectivity index (χ0v) is 12.7. The van der Waals surface area contributed by atoms with Crippen LogP contribution in [-0.4, -0.2) is 24.6 Å². The Kier molecular flexibility index (Phi) is 5.60. The number of hydrogen-bond donors (Lipinski definition) is 0. The van der Waals surface area contributed by atoms with Crippen LogP contribution in [0.5, 0.6) is 0 Å². The zero-order chi connectivity index (χ0) is 14.4. The van der Waals surface area contributed by atoms with Gasteiger partial charge in [-0.05, 0) is 35.4 Å². The highest BCUT2D eigenvalue weighted by molar-refractivity contribution is 6.13. The molecule has 0 N–H and O–H groups in total. The van der Waals surface area contributed by atoms with Crippen molar-refractivity contribution in [2.75, 3.05) is 20.2 Å². The summed E-state index contributed by atoms with van der Waals surface area (Å²) < 4.78 is 7.69. The molecule has 0 spiro atoms. The molecule has 0 fully saturated rings. The lowest BCUT2D eigenvalue weighted by atomic mass is 9.97. The summed E-state index contributed by atoms with van der Waals surface area (Å²) in [5, 5.41) is 0. The van der Waals surface area contributed by atoms with Gasteiger partial charge >= 0.3 is 0 Å². The summed E-state index contributed by atoms with van der Waals surface area (Å²) in [7, 11) is 1.83. The molecule has 0 aromatic heterocycles. The van der Waals surface area contributed by atoms with Crippen LogP contribution in [0.1, 0.15) is 22.8 Å². The van der Waals surface area contributed by atoms with E-state index in [1.165, 1.54) is 16.7 Å². The van der Waals surface area contributed by atoms with Crippen molar-refractivity contribution in [3.63, 3.8) is 0 Å². The normalized spacial score (nSPS) is 12.6. The smallest absolute Gasteiger partial charge is 0.108 e. The molecule has 1 atom stereocenters. The predicted molar refractivity (Wildman–Crippen MR) is 83.9 cm³/mol. The molecule has 0 saturated heterocycles. The Balaban J connectivity index is 2.23. The number of halogens is 1. The second kappa shape index (κ2) is 7.44. The van der Waals surface area contributed by atoms with Crippen molar-refractivity contribution in [2.45, 2.75) is 13.0 Å². The average molecular weight is 290 g/mol. The van der Waals surface area contributed by atoms with Crippen LogP contribution in [0, 0.1) is 6.92 Å². The largest absolute Gasteiger partial charge is 0.367 e. The molecule has 106 valence electrons. The van der Waals surface area contributed by atoms with Gasteiger partial charge in [-0.3, -0.25) is 0 Å². The van der Waals surface area contributed by atoms with E-state index in [-0.39, 0.29) is 6.10 Å². The summed E-state index contributed by atoms with van der Waals surface area (Å²) in [4.78, 5) is 0. The topological polar surface area (TPSA) is 12.5 Å². The van der Waals surface area contributed by atoms with Gasteiger partial charge in [0.15, 0.2) is 0 Å². The van der Waals surface area contributed by atoms with Crippen molar-refractivity contribution in [3.8, 4) is 0 Å². The number of ether oxygens (including phenoxy) is 1. The van der Waals surface area contributed by atoms with E-state index in [4.69, 9.17) is 16.5 Å². The van der Waals surface area contributed by atoms with Crippen LogP contribution in [0.4, 0.5) is 0 Å². The Morgan fingerprint density at radius 2 is 1.70 bits per heavy atom. The fourth-order valence-electron chi connectivity index (χ4n) is 2.17. The summed E-state index contributed by atoms with van der Waals surface area (Å²) in [5.74, 6) is 0. The summed E-state index contributed by atoms with van der Waals surface area (Å²) >= 11 is 5.84. The molecule has 0 bridgehead atoms. The van der Waals surface area contributed by atoms with Gasteiger partial charge in [0.05, 0.1) is 6.61 Å². The number of hydrogen-bond acceptors (Lipinski definition) is 2. The first-order chi connectivity index (χ1) is 9.68. The predicted octanol–water partition coefficient (Wildman–Crippen LogP) is 4.19. The molecule has 0 saturated carbocycles. The third kappa shape index (κ3) is 4.07. The lowest BCUT2D eigenvalue weighted by Gasteiger charge is -2.21. The van der Waals surface area contributed by atoms with Gasteiger partial charge in [-0.25, -0.2) is 4.42 Å². The molecule has 1 unspecified atom stereocenters. The minimum Gasteiger partial charge on any atom is -0.367 e. The second-order valence-electron chi connectivity index (χ2n) is 4.85. The molecule has 0 aliphatic heterocycles. The van der Waals surface area contributed by atoms with Crippen molar-refractivity contribution in [1.82, 2.24) is 4.42 Å². The molecular formula is C17H20ClNO. The highest BCUT2D eigenvalue weighted by atomic mass is 35.5. The highest BCUT2D eigenvalue weighted by Gasteiger charge is 2.16. The van der Waals surface area contributed by atoms with Crippen LogP contribution >= 0.6 is 11.8 Å². The van der Waals surface area contributed by atoms with Gasteiger partial charge in [0.2, 0.25) is 0 Å². The van der Waals surface area contributed by atoms with Crippen LogP contribution in [0.2, 0.25) is 0 Å². The monoisotopic (exact) mass is 289 g/mol. The quantitative estimate of drug-likeness (QED) is 0.740. The SMILES string of the molecule is Cc1ccccc1C(OCCN(C)Cl)c1ccccc1. The maximum absolute atomic E-state index is 6.08. The van der Waals surface area contributed by atoms with E-state index in [1.54, 1.807) is 4.42 Å². The van der Waals surface area contributed by atoms with Crippen molar-refractivity contribution in [1.29, 1.82) is 0 Å². The molecule has 2 aromatic carbocycles. The Bertz CT molecular complexity index is 528. The third-order valence-corrected chi connectivity index (χ3v) is 3.43. The Hall–Kier alpha value is -1.35. The van der Waals surface area contributed by atoms with Gasteiger partial charge in [-0.15, -0.1) is 0 Å². The van der Waals surface area contributed by atoms with E-state index < -0.39 is 0 Å². The molecule has 0 heterocycles. The lowest BCUT2D eigenvalue weighted by Crippen LogP contribution is -2.16. The van der Waals surface area contributed by atoms with E-state index in [9.17, 15) is 0 Å². The van der Waals surface area contributed by atoms with Crippen LogP contribution in [0.3, 0.4) is 0 Å². The highest BCUT2D eigenvalue weighted by Crippen LogP contribution is 2.28. The summed E-state index contributed by atoms with van der Waals surface area (Å²) in [5.41, 5.74) is 3.61. The standard InChI is InChI=1S/C17H20ClNO/c1-14-8-6-7-11-16(14)17(20-13-12-19(2)18)15-9-4-3-5-10-15/h3-11,17H,12-13H2,1-2H3. The summed E-state index contributed by atoms with van der Waals surface area (Å²) in [6, 6.07) is 18.6. The lowest BCUT2D eigenvalue weighted by molar-refractivity contribution is 0.0747. The van der Waals surface area contributed by atoms with Crippen LogP contribution < -0.4 is 0 Å². The van der Waals surface area contributed by atoms with E-state index in [2.05, 4.69) is 37.3 Å². The van der Waals surface area contributed by atoms with E-state index in [0.29, 0.717) is 13.2 Å². The zero-order valence-electron chi connectivity index (χ0n) is 11.9. The van der Waals surface area contributed by atoms with Gasteiger partial charge in [-0.2, -0.15) is 0 Å². The van der Waals surface area contributed by atoms with Crippen LogP contribution in [0.15, 0.2) is 54.6 Å². The van der Waals surface area contributed by atoms with Crippen molar-refractivity contribution in [3.05, 3.63) is 71.3 Å². The molecular weight excluding hydrogens is 270 g/mol. The molecule has 3 heteroatoms. The average Bonchev–Trinajstić information content (AvgIpc) is 2.45. The molecule has 0 aliphatic rings. The molecule has 2 rings (SSSR count). The Morgan fingerprint density at radius 3 is 2.35 bits per heavy atom. The number of nitrogens with zero attached hydrogens (tertiary/aromatic N) is 1. The Morgan fingerprint density at radius 1 is 1.05 bits per heavy atom. The van der Waals surface area contributed by atoms with Crippen LogP contribution in [-0.2, 0) is 4.74 Å². The molecule has 0 aliphatic carbocycles. The molecule has 2 nitrogen and oxygen atoms in total. The van der Waals surface area contributed by atoms with Gasteiger partial charge in [-0.1, -0.05) is 54.6 Å². The number of aryl methyl sites for hydroxylation is 1. The molecule has 0 amide bonds. The minimum atomic E-state index is -0.0472. The van der Waals surface area contributed by atoms with Crippen molar-refractivity contribution < 1.29 is 4.74 Å². The number of benzene rings is 2. The van der Waals surface area contributed by atoms with Crippen molar-refractivity contribution in [2.24, 2.45) is 0 Å². The van der Waals surface area contributed by atoms with Gasteiger partial charge in [0.1, 0.15) is 6.10 Å². The first kappa shape index (κ1) is 15.0. The molecule has 0 radical (unpaired) electrons. The van der Waals surface area contributed by atoms with Gasteiger partial charge in [0.25, 0.3) is 0 Å². The van der Waals surface area contributed by atoms with Gasteiger partial charge in [0, 0.05) is 13.6 Å². The fraction of sp³-hybridized carbons (Fsp3) is 0.294. The van der Waals surface area contributed by atoms with E-state index in [1.807, 2.05) is 31.3 Å². The minimum absolute atomic E-state index is 0.0472. The van der Waals surface area contributed by atoms with Crippen LogP contribution in [0.25, 0.3) is 0 Å². The molecule has 20 heavy (non-hydrogen) atoms. The van der Waals surface area contributed by atoms with Gasteiger partial charge < -0.3 is 4.74 Å². The van der Waals surface area contributed by atoms with E-state index in [0.717, 1.165) is 0 Å². The maximum Gasteiger partial charge on any atom is 0.108 e. The van der Waals surface area contributed by atoms with Crippen molar-refractivity contribution >= 4 is 11.8 Å². The molecule has 2 aromatic rings. The summed E-state index contributed by atoms with van der Waals surface area (Å²) in [6.45, 7) is 3.40. The van der Waals surface area contributed by atoms with E-state index >= 15 is 0 Å². The Labute approximate surface area is 126 Å².